The molecule has 1 aromatic carbocycles. The molecule has 0 aliphatic carbocycles. The maximum Gasteiger partial charge on any atom is 0.255 e. The van der Waals surface area contributed by atoms with Crippen molar-refractivity contribution in [3.05, 3.63) is 46.8 Å². The summed E-state index contributed by atoms with van der Waals surface area (Å²) in [6.45, 7) is 13.4. The van der Waals surface area contributed by atoms with Gasteiger partial charge in [0.1, 0.15) is 0 Å². The summed E-state index contributed by atoms with van der Waals surface area (Å²) < 4.78 is 1.97. The van der Waals surface area contributed by atoms with Crippen molar-refractivity contribution in [1.82, 2.24) is 15.1 Å². The maximum atomic E-state index is 12.9. The molecule has 0 saturated heterocycles. The third-order valence-electron chi connectivity index (χ3n) is 4.23. The molecule has 1 aromatic heterocycles. The first-order chi connectivity index (χ1) is 11.8. The van der Waals surface area contributed by atoms with Gasteiger partial charge in [-0.2, -0.15) is 5.10 Å². The van der Waals surface area contributed by atoms with Crippen molar-refractivity contribution in [2.45, 2.75) is 54.4 Å². The number of carbonyl (C=O) groups excluding carboxylic acids is 1. The highest BCUT2D eigenvalue weighted by molar-refractivity contribution is 5.96. The molecule has 0 bridgehead atoms. The standard InChI is InChI=1S/C21H31N3O/c1-7-18-20(21(25)22-13-15(4)5)17(12-14(2)3)23-24(18)19-11-9-8-10-16(19)6/h8-11,14-15H,7,12-13H2,1-6H3,(H,22,25). The summed E-state index contributed by atoms with van der Waals surface area (Å²) in [7, 11) is 0. The van der Waals surface area contributed by atoms with Gasteiger partial charge < -0.3 is 5.32 Å². The minimum atomic E-state index is 0.000958. The van der Waals surface area contributed by atoms with Gasteiger partial charge in [-0.15, -0.1) is 0 Å². The fourth-order valence-corrected chi connectivity index (χ4v) is 3.01. The molecule has 4 heteroatoms. The molecule has 0 unspecified atom stereocenters. The second-order valence-electron chi connectivity index (χ2n) is 7.52. The second-order valence-corrected chi connectivity index (χ2v) is 7.52. The van der Waals surface area contributed by atoms with Gasteiger partial charge in [0, 0.05) is 6.54 Å². The number of benzene rings is 1. The summed E-state index contributed by atoms with van der Waals surface area (Å²) in [4.78, 5) is 12.9. The summed E-state index contributed by atoms with van der Waals surface area (Å²) in [5, 5.41) is 7.93. The lowest BCUT2D eigenvalue weighted by atomic mass is 10.0. The largest absolute Gasteiger partial charge is 0.352 e. The lowest BCUT2D eigenvalue weighted by Crippen LogP contribution is -2.29. The SMILES string of the molecule is CCc1c(C(=O)NCC(C)C)c(CC(C)C)nn1-c1ccccc1C. The molecular formula is C21H31N3O. The smallest absolute Gasteiger partial charge is 0.255 e. The zero-order valence-electron chi connectivity index (χ0n) is 16.4. The molecular weight excluding hydrogens is 310 g/mol. The Kier molecular flexibility index (Phi) is 6.40. The van der Waals surface area contributed by atoms with Crippen LogP contribution in [-0.2, 0) is 12.8 Å². The van der Waals surface area contributed by atoms with E-state index in [9.17, 15) is 4.79 Å². The number of para-hydroxylation sites is 1. The molecule has 1 N–H and O–H groups in total. The van der Waals surface area contributed by atoms with Gasteiger partial charge in [0.25, 0.3) is 5.91 Å². The fraction of sp³-hybridized carbons (Fsp3) is 0.524. The van der Waals surface area contributed by atoms with Crippen LogP contribution < -0.4 is 5.32 Å². The second kappa shape index (κ2) is 8.32. The van der Waals surface area contributed by atoms with Crippen molar-refractivity contribution in [2.75, 3.05) is 6.54 Å². The summed E-state index contributed by atoms with van der Waals surface area (Å²) >= 11 is 0. The van der Waals surface area contributed by atoms with Gasteiger partial charge in [-0.3, -0.25) is 4.79 Å². The number of aryl methyl sites for hydroxylation is 1. The van der Waals surface area contributed by atoms with Crippen molar-refractivity contribution in [1.29, 1.82) is 0 Å². The Hall–Kier alpha value is -2.10. The number of aromatic nitrogens is 2. The molecule has 1 heterocycles. The van der Waals surface area contributed by atoms with E-state index in [0.29, 0.717) is 18.4 Å². The Morgan fingerprint density at radius 3 is 2.40 bits per heavy atom. The number of hydrogen-bond donors (Lipinski definition) is 1. The normalized spacial score (nSPS) is 11.4. The summed E-state index contributed by atoms with van der Waals surface area (Å²) in [6.07, 6.45) is 1.57. The van der Waals surface area contributed by atoms with Crippen LogP contribution >= 0.6 is 0 Å². The Morgan fingerprint density at radius 1 is 1.16 bits per heavy atom. The van der Waals surface area contributed by atoms with E-state index in [1.54, 1.807) is 0 Å². The van der Waals surface area contributed by atoms with Crippen LogP contribution in [0.3, 0.4) is 0 Å². The fourth-order valence-electron chi connectivity index (χ4n) is 3.01. The van der Waals surface area contributed by atoms with Crippen molar-refractivity contribution >= 4 is 5.91 Å². The lowest BCUT2D eigenvalue weighted by molar-refractivity contribution is 0.0947. The van der Waals surface area contributed by atoms with Crippen LogP contribution in [0.5, 0.6) is 0 Å². The predicted molar refractivity (Wildman–Crippen MR) is 103 cm³/mol. The van der Waals surface area contributed by atoms with E-state index in [-0.39, 0.29) is 5.91 Å². The number of nitrogens with zero attached hydrogens (tertiary/aromatic N) is 2. The molecule has 0 atom stereocenters. The van der Waals surface area contributed by atoms with E-state index in [1.165, 1.54) is 0 Å². The molecule has 1 amide bonds. The first-order valence-electron chi connectivity index (χ1n) is 9.30. The van der Waals surface area contributed by atoms with Gasteiger partial charge in [0.05, 0.1) is 22.6 Å². The van der Waals surface area contributed by atoms with Crippen molar-refractivity contribution < 1.29 is 4.79 Å². The quantitative estimate of drug-likeness (QED) is 0.815. The van der Waals surface area contributed by atoms with E-state index < -0.39 is 0 Å². The minimum absolute atomic E-state index is 0.000958. The zero-order valence-corrected chi connectivity index (χ0v) is 16.4. The highest BCUT2D eigenvalue weighted by atomic mass is 16.1. The molecule has 4 nitrogen and oxygen atoms in total. The molecule has 2 rings (SSSR count). The van der Waals surface area contributed by atoms with E-state index in [2.05, 4.69) is 59.0 Å². The summed E-state index contributed by atoms with van der Waals surface area (Å²) in [6, 6.07) is 8.19. The van der Waals surface area contributed by atoms with Gasteiger partial charge >= 0.3 is 0 Å². The minimum Gasteiger partial charge on any atom is -0.352 e. The van der Waals surface area contributed by atoms with Gasteiger partial charge in [-0.05, 0) is 43.2 Å². The third kappa shape index (κ3) is 4.50. The van der Waals surface area contributed by atoms with E-state index in [1.807, 2.05) is 16.8 Å². The monoisotopic (exact) mass is 341 g/mol. The Labute approximate surface area is 151 Å². The first kappa shape index (κ1) is 19.2. The van der Waals surface area contributed by atoms with E-state index in [4.69, 9.17) is 5.10 Å². The Bertz CT molecular complexity index is 729. The first-order valence-corrected chi connectivity index (χ1v) is 9.30. The summed E-state index contributed by atoms with van der Waals surface area (Å²) in [5.74, 6) is 0.872. The lowest BCUT2D eigenvalue weighted by Gasteiger charge is -2.11. The average Bonchev–Trinajstić information content (AvgIpc) is 2.90. The predicted octanol–water partition coefficient (Wildman–Crippen LogP) is 4.33. The van der Waals surface area contributed by atoms with Gasteiger partial charge in [0.2, 0.25) is 0 Å². The molecule has 2 aromatic rings. The molecule has 0 saturated carbocycles. The number of rotatable bonds is 7. The topological polar surface area (TPSA) is 46.9 Å². The van der Waals surface area contributed by atoms with E-state index in [0.717, 1.165) is 41.0 Å². The number of carbonyl (C=O) groups is 1. The van der Waals surface area contributed by atoms with Gasteiger partial charge in [-0.25, -0.2) is 4.68 Å². The molecule has 0 radical (unpaired) electrons. The Morgan fingerprint density at radius 2 is 1.84 bits per heavy atom. The number of hydrogen-bond acceptors (Lipinski definition) is 2. The molecule has 136 valence electrons. The van der Waals surface area contributed by atoms with Crippen molar-refractivity contribution in [3.8, 4) is 5.69 Å². The van der Waals surface area contributed by atoms with E-state index >= 15 is 0 Å². The third-order valence-corrected chi connectivity index (χ3v) is 4.23. The van der Waals surface area contributed by atoms with Crippen LogP contribution in [0, 0.1) is 18.8 Å². The van der Waals surface area contributed by atoms with Crippen LogP contribution in [0.4, 0.5) is 0 Å². The van der Waals surface area contributed by atoms with Crippen molar-refractivity contribution in [3.63, 3.8) is 0 Å². The maximum absolute atomic E-state index is 12.9. The molecule has 0 fully saturated rings. The van der Waals surface area contributed by atoms with Crippen LogP contribution in [0.1, 0.15) is 61.9 Å². The molecule has 0 aliphatic rings. The van der Waals surface area contributed by atoms with Crippen LogP contribution in [-0.4, -0.2) is 22.2 Å². The molecule has 25 heavy (non-hydrogen) atoms. The van der Waals surface area contributed by atoms with Crippen molar-refractivity contribution in [2.24, 2.45) is 11.8 Å². The zero-order chi connectivity index (χ0) is 18.6. The number of amides is 1. The van der Waals surface area contributed by atoms with Gasteiger partial charge in [0.15, 0.2) is 0 Å². The molecule has 0 spiro atoms. The highest BCUT2D eigenvalue weighted by Gasteiger charge is 2.24. The number of nitrogens with one attached hydrogen (secondary N) is 1. The van der Waals surface area contributed by atoms with Crippen LogP contribution in [0.2, 0.25) is 0 Å². The van der Waals surface area contributed by atoms with Crippen LogP contribution in [0.25, 0.3) is 5.69 Å². The average molecular weight is 341 g/mol. The summed E-state index contributed by atoms with van der Waals surface area (Å²) in [5.41, 5.74) is 4.86. The Balaban J connectivity index is 2.55. The highest BCUT2D eigenvalue weighted by Crippen LogP contribution is 2.24. The van der Waals surface area contributed by atoms with Crippen LogP contribution in [0.15, 0.2) is 24.3 Å². The molecule has 0 aliphatic heterocycles. The van der Waals surface area contributed by atoms with Gasteiger partial charge in [-0.1, -0.05) is 52.8 Å².